The molecule has 6 heteroatoms. The summed E-state index contributed by atoms with van der Waals surface area (Å²) >= 11 is 1.44. The van der Waals surface area contributed by atoms with Gasteiger partial charge in [-0.25, -0.2) is 0 Å². The zero-order valence-electron chi connectivity index (χ0n) is 9.78. The Balaban J connectivity index is 1.67. The summed E-state index contributed by atoms with van der Waals surface area (Å²) in [5, 5.41) is 8.90. The summed E-state index contributed by atoms with van der Waals surface area (Å²) in [4.78, 5) is 11.9. The van der Waals surface area contributed by atoms with Crippen molar-refractivity contribution in [2.24, 2.45) is 5.92 Å². The number of aromatic nitrogens is 3. The molecule has 3 heterocycles. The minimum absolute atomic E-state index is 0.0664. The van der Waals surface area contributed by atoms with Gasteiger partial charge in [0.05, 0.1) is 12.4 Å². The van der Waals surface area contributed by atoms with Crippen LogP contribution in [0.25, 0.3) is 5.65 Å². The van der Waals surface area contributed by atoms with Crippen molar-refractivity contribution in [3.05, 3.63) is 24.4 Å². The summed E-state index contributed by atoms with van der Waals surface area (Å²) in [6, 6.07) is 5.73. The van der Waals surface area contributed by atoms with Crippen LogP contribution >= 0.6 is 11.8 Å². The summed E-state index contributed by atoms with van der Waals surface area (Å²) < 4.78 is 7.11. The van der Waals surface area contributed by atoms with Crippen LogP contribution in [0.5, 0.6) is 0 Å². The van der Waals surface area contributed by atoms with Crippen molar-refractivity contribution in [1.29, 1.82) is 0 Å². The Hall–Kier alpha value is -1.40. The third-order valence-electron chi connectivity index (χ3n) is 3.01. The highest BCUT2D eigenvalue weighted by molar-refractivity contribution is 7.99. The van der Waals surface area contributed by atoms with Crippen LogP contribution < -0.4 is 0 Å². The number of thioether (sulfide) groups is 1. The molecule has 1 atom stereocenters. The standard InChI is InChI=1S/C12H13N3O2S/c16-10(9-4-6-17-7-9)8-18-12-14-13-11-3-1-2-5-15(11)12/h1-3,5,9H,4,6-8H2. The van der Waals surface area contributed by atoms with Gasteiger partial charge in [-0.3, -0.25) is 9.20 Å². The Labute approximate surface area is 109 Å². The molecule has 0 aromatic carbocycles. The molecule has 5 nitrogen and oxygen atoms in total. The van der Waals surface area contributed by atoms with Crippen molar-refractivity contribution in [2.75, 3.05) is 19.0 Å². The van der Waals surface area contributed by atoms with Gasteiger partial charge in [-0.05, 0) is 18.6 Å². The maximum atomic E-state index is 11.9. The number of fused-ring (bicyclic) bond motifs is 1. The van der Waals surface area contributed by atoms with Gasteiger partial charge in [0.2, 0.25) is 0 Å². The van der Waals surface area contributed by atoms with Crippen LogP contribution in [0.3, 0.4) is 0 Å². The average molecular weight is 263 g/mol. The number of rotatable bonds is 4. The van der Waals surface area contributed by atoms with E-state index in [0.717, 1.165) is 17.2 Å². The van der Waals surface area contributed by atoms with E-state index in [1.54, 1.807) is 0 Å². The van der Waals surface area contributed by atoms with Crippen LogP contribution in [0.1, 0.15) is 6.42 Å². The number of hydrogen-bond donors (Lipinski definition) is 0. The maximum Gasteiger partial charge on any atom is 0.196 e. The number of hydrogen-bond acceptors (Lipinski definition) is 5. The molecule has 3 rings (SSSR count). The Morgan fingerprint density at radius 1 is 1.50 bits per heavy atom. The summed E-state index contributed by atoms with van der Waals surface area (Å²) in [7, 11) is 0. The maximum absolute atomic E-state index is 11.9. The highest BCUT2D eigenvalue weighted by Crippen LogP contribution is 2.20. The van der Waals surface area contributed by atoms with E-state index in [9.17, 15) is 4.79 Å². The van der Waals surface area contributed by atoms with Crippen molar-refractivity contribution >= 4 is 23.2 Å². The summed E-state index contributed by atoms with van der Waals surface area (Å²) in [5.41, 5.74) is 0.802. The van der Waals surface area contributed by atoms with Gasteiger partial charge in [0, 0.05) is 18.7 Å². The van der Waals surface area contributed by atoms with Gasteiger partial charge in [-0.15, -0.1) is 10.2 Å². The predicted molar refractivity (Wildman–Crippen MR) is 67.6 cm³/mol. The van der Waals surface area contributed by atoms with E-state index in [0.29, 0.717) is 19.0 Å². The summed E-state index contributed by atoms with van der Waals surface area (Å²) in [6.07, 6.45) is 2.75. The molecule has 0 saturated carbocycles. The van der Waals surface area contributed by atoms with Gasteiger partial charge in [0.15, 0.2) is 10.8 Å². The number of ketones is 1. The SMILES string of the molecule is O=C(CSc1nnc2ccccn12)C1CCOC1. The lowest BCUT2D eigenvalue weighted by Crippen LogP contribution is -2.16. The normalized spacial score (nSPS) is 19.4. The Bertz CT molecular complexity index is 563. The van der Waals surface area contributed by atoms with Crippen LogP contribution in [0.2, 0.25) is 0 Å². The number of ether oxygens (including phenoxy) is 1. The minimum atomic E-state index is 0.0664. The van der Waals surface area contributed by atoms with E-state index in [2.05, 4.69) is 10.2 Å². The number of carbonyl (C=O) groups is 1. The van der Waals surface area contributed by atoms with Gasteiger partial charge in [0.25, 0.3) is 0 Å². The zero-order valence-corrected chi connectivity index (χ0v) is 10.6. The van der Waals surface area contributed by atoms with E-state index in [1.165, 1.54) is 11.8 Å². The van der Waals surface area contributed by atoms with Gasteiger partial charge in [-0.1, -0.05) is 17.8 Å². The fourth-order valence-electron chi connectivity index (χ4n) is 1.96. The monoisotopic (exact) mass is 263 g/mol. The average Bonchev–Trinajstić information content (AvgIpc) is 3.06. The van der Waals surface area contributed by atoms with Crippen LogP contribution in [-0.4, -0.2) is 39.3 Å². The smallest absolute Gasteiger partial charge is 0.196 e. The van der Waals surface area contributed by atoms with Crippen LogP contribution in [0, 0.1) is 5.92 Å². The van der Waals surface area contributed by atoms with Crippen molar-refractivity contribution in [3.8, 4) is 0 Å². The van der Waals surface area contributed by atoms with Crippen molar-refractivity contribution in [2.45, 2.75) is 11.6 Å². The highest BCUT2D eigenvalue weighted by Gasteiger charge is 2.23. The first kappa shape index (κ1) is 11.7. The molecule has 1 fully saturated rings. The molecule has 2 aromatic heterocycles. The number of carbonyl (C=O) groups excluding carboxylic acids is 1. The molecule has 1 aliphatic rings. The summed E-state index contributed by atoms with van der Waals surface area (Å²) in [6.45, 7) is 1.27. The Morgan fingerprint density at radius 3 is 3.28 bits per heavy atom. The van der Waals surface area contributed by atoms with Gasteiger partial charge in [-0.2, -0.15) is 0 Å². The fourth-order valence-corrected chi connectivity index (χ4v) is 2.86. The lowest BCUT2D eigenvalue weighted by Gasteiger charge is -2.04. The number of Topliss-reactive ketones (excluding diaryl/α,β-unsaturated/α-hetero) is 1. The molecular weight excluding hydrogens is 250 g/mol. The minimum Gasteiger partial charge on any atom is -0.381 e. The Kier molecular flexibility index (Phi) is 3.29. The molecule has 1 unspecified atom stereocenters. The molecule has 0 radical (unpaired) electrons. The number of nitrogens with zero attached hydrogens (tertiary/aromatic N) is 3. The highest BCUT2D eigenvalue weighted by atomic mass is 32.2. The van der Waals surface area contributed by atoms with E-state index >= 15 is 0 Å². The lowest BCUT2D eigenvalue weighted by molar-refractivity contribution is -0.120. The first-order valence-corrected chi connectivity index (χ1v) is 6.86. The zero-order chi connectivity index (χ0) is 12.4. The molecular formula is C12H13N3O2S. The third-order valence-corrected chi connectivity index (χ3v) is 3.98. The molecule has 1 aliphatic heterocycles. The topological polar surface area (TPSA) is 56.5 Å². The van der Waals surface area contributed by atoms with Gasteiger partial charge in [0.1, 0.15) is 5.78 Å². The van der Waals surface area contributed by atoms with Crippen LogP contribution in [0.4, 0.5) is 0 Å². The van der Waals surface area contributed by atoms with Gasteiger partial charge >= 0.3 is 0 Å². The van der Waals surface area contributed by atoms with Crippen molar-refractivity contribution in [3.63, 3.8) is 0 Å². The quantitative estimate of drug-likeness (QED) is 0.781. The molecule has 0 aliphatic carbocycles. The molecule has 0 amide bonds. The summed E-state index contributed by atoms with van der Waals surface area (Å²) in [5.74, 6) is 0.742. The molecule has 1 saturated heterocycles. The second-order valence-corrected chi connectivity index (χ2v) is 5.17. The third kappa shape index (κ3) is 2.26. The second kappa shape index (κ2) is 5.07. The van der Waals surface area contributed by atoms with E-state index in [-0.39, 0.29) is 11.7 Å². The van der Waals surface area contributed by atoms with E-state index < -0.39 is 0 Å². The Morgan fingerprint density at radius 2 is 2.44 bits per heavy atom. The van der Waals surface area contributed by atoms with E-state index in [1.807, 2.05) is 28.8 Å². The molecule has 0 spiro atoms. The molecule has 2 aromatic rings. The first-order chi connectivity index (χ1) is 8.84. The second-order valence-electron chi connectivity index (χ2n) is 4.23. The largest absolute Gasteiger partial charge is 0.381 e. The van der Waals surface area contributed by atoms with Crippen LogP contribution in [0.15, 0.2) is 29.6 Å². The fraction of sp³-hybridized carbons (Fsp3) is 0.417. The van der Waals surface area contributed by atoms with E-state index in [4.69, 9.17) is 4.74 Å². The number of pyridine rings is 1. The molecule has 0 bridgehead atoms. The van der Waals surface area contributed by atoms with Crippen LogP contribution in [-0.2, 0) is 9.53 Å². The predicted octanol–water partition coefficient (Wildman–Crippen LogP) is 1.43. The molecule has 94 valence electrons. The molecule has 0 N–H and O–H groups in total. The molecule has 18 heavy (non-hydrogen) atoms. The van der Waals surface area contributed by atoms with Crippen molar-refractivity contribution < 1.29 is 9.53 Å². The van der Waals surface area contributed by atoms with Crippen molar-refractivity contribution in [1.82, 2.24) is 14.6 Å². The first-order valence-electron chi connectivity index (χ1n) is 5.87. The lowest BCUT2D eigenvalue weighted by atomic mass is 10.1. The van der Waals surface area contributed by atoms with Gasteiger partial charge < -0.3 is 4.74 Å².